The van der Waals surface area contributed by atoms with Crippen LogP contribution in [-0.2, 0) is 0 Å². The second-order valence-corrected chi connectivity index (χ2v) is 7.20. The van der Waals surface area contributed by atoms with Crippen LogP contribution in [0.15, 0.2) is 60.8 Å². The number of hydrogen-bond donors (Lipinski definition) is 1. The van der Waals surface area contributed by atoms with E-state index in [2.05, 4.69) is 35.2 Å². The molecule has 1 aromatic carbocycles. The van der Waals surface area contributed by atoms with Crippen molar-refractivity contribution in [2.24, 2.45) is 0 Å². The van der Waals surface area contributed by atoms with Gasteiger partial charge in [-0.3, -0.25) is 9.78 Å². The minimum Gasteiger partial charge on any atom is -0.321 e. The molecule has 0 aliphatic rings. The number of carbonyl (C=O) groups is 1. The van der Waals surface area contributed by atoms with Crippen molar-refractivity contribution in [1.82, 2.24) is 34.4 Å². The highest BCUT2D eigenvalue weighted by Gasteiger charge is 2.14. The van der Waals surface area contributed by atoms with E-state index in [0.717, 1.165) is 22.8 Å². The zero-order valence-electron chi connectivity index (χ0n) is 15.7. The van der Waals surface area contributed by atoms with Crippen molar-refractivity contribution >= 4 is 28.8 Å². The first-order chi connectivity index (χ1) is 14.7. The molecule has 4 aromatic heterocycles. The summed E-state index contributed by atoms with van der Waals surface area (Å²) < 4.78 is 5.47. The lowest BCUT2D eigenvalue weighted by molar-refractivity contribution is 0.103. The molecule has 0 atom stereocenters. The molecular formula is C20H14N8OS. The third-order valence-corrected chi connectivity index (χ3v) is 5.28. The number of fused-ring (bicyclic) bond motifs is 1. The zero-order valence-corrected chi connectivity index (χ0v) is 16.5. The standard InChI is InChI=1S/C20H14N8OS/c1-12-18(30-27-23-12)20(29)22-14-7-5-13(6-8-14)15-9-10-17-24-25-19(28(17)26-15)16-4-2-3-11-21-16/h2-11H,1H3,(H,22,29). The number of anilines is 1. The molecule has 0 radical (unpaired) electrons. The number of benzene rings is 1. The smallest absolute Gasteiger partial charge is 0.269 e. The van der Waals surface area contributed by atoms with Crippen LogP contribution in [-0.4, -0.2) is 40.3 Å². The first kappa shape index (κ1) is 18.0. The van der Waals surface area contributed by atoms with Crippen molar-refractivity contribution in [1.29, 1.82) is 0 Å². The lowest BCUT2D eigenvalue weighted by atomic mass is 10.1. The van der Waals surface area contributed by atoms with Gasteiger partial charge in [0.2, 0.25) is 5.82 Å². The van der Waals surface area contributed by atoms with E-state index in [9.17, 15) is 4.79 Å². The number of aryl methyl sites for hydroxylation is 1. The van der Waals surface area contributed by atoms with E-state index in [1.54, 1.807) is 17.6 Å². The van der Waals surface area contributed by atoms with Gasteiger partial charge in [0.1, 0.15) is 10.6 Å². The summed E-state index contributed by atoms with van der Waals surface area (Å²) in [7, 11) is 0. The molecule has 0 aliphatic carbocycles. The highest BCUT2D eigenvalue weighted by Crippen LogP contribution is 2.22. The minimum atomic E-state index is -0.223. The van der Waals surface area contributed by atoms with Gasteiger partial charge in [-0.25, -0.2) is 0 Å². The molecule has 9 nitrogen and oxygen atoms in total. The summed E-state index contributed by atoms with van der Waals surface area (Å²) in [4.78, 5) is 17.2. The fourth-order valence-corrected chi connectivity index (χ4v) is 3.50. The predicted molar refractivity (Wildman–Crippen MR) is 112 cm³/mol. The van der Waals surface area contributed by atoms with Gasteiger partial charge in [-0.05, 0) is 54.9 Å². The molecule has 1 amide bonds. The number of nitrogens with zero attached hydrogens (tertiary/aromatic N) is 7. The lowest BCUT2D eigenvalue weighted by Gasteiger charge is -2.06. The molecule has 5 aromatic rings. The summed E-state index contributed by atoms with van der Waals surface area (Å²) in [5.74, 6) is 0.351. The Kier molecular flexibility index (Phi) is 4.45. The molecule has 146 valence electrons. The summed E-state index contributed by atoms with van der Waals surface area (Å²) in [5, 5.41) is 19.8. The van der Waals surface area contributed by atoms with Crippen molar-refractivity contribution in [2.75, 3.05) is 5.32 Å². The van der Waals surface area contributed by atoms with Gasteiger partial charge in [-0.1, -0.05) is 22.7 Å². The Bertz CT molecular complexity index is 1340. The number of carbonyl (C=O) groups excluding carboxylic acids is 1. The van der Waals surface area contributed by atoms with Gasteiger partial charge in [0.05, 0.1) is 11.4 Å². The van der Waals surface area contributed by atoms with Crippen LogP contribution < -0.4 is 5.32 Å². The van der Waals surface area contributed by atoms with E-state index in [1.807, 2.05) is 54.6 Å². The van der Waals surface area contributed by atoms with Gasteiger partial charge in [-0.15, -0.1) is 15.3 Å². The first-order valence-corrected chi connectivity index (χ1v) is 9.81. The maximum absolute atomic E-state index is 12.3. The van der Waals surface area contributed by atoms with Crippen LogP contribution in [0.4, 0.5) is 5.69 Å². The molecule has 10 heteroatoms. The van der Waals surface area contributed by atoms with Crippen molar-refractivity contribution < 1.29 is 4.79 Å². The summed E-state index contributed by atoms with van der Waals surface area (Å²) in [5.41, 5.74) is 4.27. The van der Waals surface area contributed by atoms with Crippen LogP contribution in [0.25, 0.3) is 28.4 Å². The highest BCUT2D eigenvalue weighted by atomic mass is 32.1. The Morgan fingerprint density at radius 2 is 1.83 bits per heavy atom. The number of nitrogens with one attached hydrogen (secondary N) is 1. The molecular weight excluding hydrogens is 400 g/mol. The zero-order chi connectivity index (χ0) is 20.5. The molecule has 0 spiro atoms. The second-order valence-electron chi connectivity index (χ2n) is 6.45. The average Bonchev–Trinajstić information content (AvgIpc) is 3.40. The Labute approximate surface area is 174 Å². The quantitative estimate of drug-likeness (QED) is 0.480. The van der Waals surface area contributed by atoms with Crippen molar-refractivity contribution in [3.63, 3.8) is 0 Å². The van der Waals surface area contributed by atoms with Crippen LogP contribution in [0.3, 0.4) is 0 Å². The Balaban J connectivity index is 1.43. The average molecular weight is 414 g/mol. The third kappa shape index (κ3) is 3.29. The maximum atomic E-state index is 12.3. The van der Waals surface area contributed by atoms with Crippen molar-refractivity contribution in [2.45, 2.75) is 6.92 Å². The molecule has 30 heavy (non-hydrogen) atoms. The fourth-order valence-electron chi connectivity index (χ4n) is 2.95. The normalized spacial score (nSPS) is 11.0. The van der Waals surface area contributed by atoms with Gasteiger partial charge in [0.15, 0.2) is 5.65 Å². The Hall–Kier alpha value is -4.05. The van der Waals surface area contributed by atoms with Crippen molar-refractivity contribution in [3.8, 4) is 22.8 Å². The number of amides is 1. The summed E-state index contributed by atoms with van der Waals surface area (Å²) >= 11 is 1.08. The SMILES string of the molecule is Cc1nnsc1C(=O)Nc1ccc(-c2ccc3nnc(-c4ccccn4)n3n2)cc1. The maximum Gasteiger partial charge on any atom is 0.269 e. The van der Waals surface area contributed by atoms with Crippen LogP contribution >= 0.6 is 11.5 Å². The van der Waals surface area contributed by atoms with Crippen LogP contribution in [0.2, 0.25) is 0 Å². The van der Waals surface area contributed by atoms with E-state index >= 15 is 0 Å². The van der Waals surface area contributed by atoms with Gasteiger partial charge < -0.3 is 5.32 Å². The van der Waals surface area contributed by atoms with Gasteiger partial charge in [-0.2, -0.15) is 9.61 Å². The van der Waals surface area contributed by atoms with Gasteiger partial charge in [0.25, 0.3) is 5.91 Å². The molecule has 0 fully saturated rings. The van der Waals surface area contributed by atoms with Crippen LogP contribution in [0, 0.1) is 6.92 Å². The molecule has 4 heterocycles. The number of rotatable bonds is 4. The molecule has 0 saturated carbocycles. The fraction of sp³-hybridized carbons (Fsp3) is 0.0500. The van der Waals surface area contributed by atoms with Crippen LogP contribution in [0.1, 0.15) is 15.4 Å². The monoisotopic (exact) mass is 414 g/mol. The Morgan fingerprint density at radius 1 is 0.967 bits per heavy atom. The molecule has 0 aliphatic heterocycles. The minimum absolute atomic E-state index is 0.223. The molecule has 0 unspecified atom stereocenters. The summed E-state index contributed by atoms with van der Waals surface area (Å²) in [6.45, 7) is 1.76. The second kappa shape index (κ2) is 7.41. The van der Waals surface area contributed by atoms with E-state index in [1.165, 1.54) is 0 Å². The molecule has 0 saturated heterocycles. The number of pyridine rings is 1. The van der Waals surface area contributed by atoms with Crippen molar-refractivity contribution in [3.05, 3.63) is 71.4 Å². The lowest BCUT2D eigenvalue weighted by Crippen LogP contribution is -2.11. The molecule has 0 bridgehead atoms. The predicted octanol–water partition coefficient (Wildman–Crippen LogP) is 3.27. The Morgan fingerprint density at radius 3 is 2.57 bits per heavy atom. The highest BCUT2D eigenvalue weighted by molar-refractivity contribution is 7.08. The first-order valence-electron chi connectivity index (χ1n) is 9.03. The van der Waals surface area contributed by atoms with Gasteiger partial charge >= 0.3 is 0 Å². The summed E-state index contributed by atoms with van der Waals surface area (Å²) in [6, 6.07) is 16.8. The van der Waals surface area contributed by atoms with E-state index < -0.39 is 0 Å². The van der Waals surface area contributed by atoms with E-state index in [-0.39, 0.29) is 5.91 Å². The topological polar surface area (TPSA) is 111 Å². The number of hydrogen-bond acceptors (Lipinski definition) is 8. The van der Waals surface area contributed by atoms with Gasteiger partial charge in [0, 0.05) is 17.4 Å². The van der Waals surface area contributed by atoms with E-state index in [0.29, 0.717) is 33.4 Å². The molecule has 5 rings (SSSR count). The summed E-state index contributed by atoms with van der Waals surface area (Å²) in [6.07, 6.45) is 1.71. The van der Waals surface area contributed by atoms with Crippen LogP contribution in [0.5, 0.6) is 0 Å². The third-order valence-electron chi connectivity index (χ3n) is 4.45. The van der Waals surface area contributed by atoms with E-state index in [4.69, 9.17) is 0 Å². The largest absolute Gasteiger partial charge is 0.321 e. The number of aromatic nitrogens is 7. The molecule has 1 N–H and O–H groups in total.